The molecule has 0 aliphatic rings. The van der Waals surface area contributed by atoms with E-state index in [2.05, 4.69) is 10.2 Å². The van der Waals surface area contributed by atoms with Gasteiger partial charge in [0.1, 0.15) is 0 Å². The van der Waals surface area contributed by atoms with Gasteiger partial charge in [-0.25, -0.2) is 4.98 Å². The van der Waals surface area contributed by atoms with Gasteiger partial charge >= 0.3 is 12.0 Å². The Morgan fingerprint density at radius 1 is 1.50 bits per heavy atom. The Kier molecular flexibility index (Phi) is 1.38. The summed E-state index contributed by atoms with van der Waals surface area (Å²) < 4.78 is 35.1. The molecule has 0 atom stereocenters. The number of aryl methyl sites for hydroxylation is 1. The normalized spacial score (nSPS) is 12.0. The average molecular weight is 152 g/mol. The molecule has 0 spiro atoms. The number of aromatic nitrogens is 3. The number of alkyl halides is 3. The molecule has 56 valence electrons. The Morgan fingerprint density at radius 2 is 2.10 bits per heavy atom. The molecule has 1 aromatic heterocycles. The number of H-pyrrole nitrogens is 2. The molecule has 0 aliphatic carbocycles. The van der Waals surface area contributed by atoms with E-state index < -0.39 is 12.0 Å². The Labute approximate surface area is 54.3 Å². The lowest BCUT2D eigenvalue weighted by molar-refractivity contribution is -0.433. The van der Waals surface area contributed by atoms with Gasteiger partial charge in [0.25, 0.3) is 0 Å². The van der Waals surface area contributed by atoms with Gasteiger partial charge in [0.05, 0.1) is 0 Å². The third-order valence-electron chi connectivity index (χ3n) is 0.910. The van der Waals surface area contributed by atoms with Crippen molar-refractivity contribution in [2.24, 2.45) is 0 Å². The summed E-state index contributed by atoms with van der Waals surface area (Å²) in [6.07, 6.45) is -4.38. The molecule has 0 saturated heterocycles. The lowest BCUT2D eigenvalue weighted by atomic mass is 10.6. The van der Waals surface area contributed by atoms with E-state index in [0.717, 1.165) is 0 Å². The second-order valence-corrected chi connectivity index (χ2v) is 1.82. The van der Waals surface area contributed by atoms with Gasteiger partial charge in [-0.1, -0.05) is 0 Å². The van der Waals surface area contributed by atoms with E-state index in [1.54, 1.807) is 0 Å². The summed E-state index contributed by atoms with van der Waals surface area (Å²) in [5, 5.41) is 5.13. The smallest absolute Gasteiger partial charge is 0.238 e. The van der Waals surface area contributed by atoms with Crippen LogP contribution in [0.1, 0.15) is 11.6 Å². The zero-order valence-corrected chi connectivity index (χ0v) is 5.08. The van der Waals surface area contributed by atoms with E-state index in [0.29, 0.717) is 0 Å². The molecule has 0 bridgehead atoms. The van der Waals surface area contributed by atoms with Crippen LogP contribution in [-0.2, 0) is 6.18 Å². The van der Waals surface area contributed by atoms with Gasteiger partial charge in [-0.05, 0) is 0 Å². The molecule has 3 nitrogen and oxygen atoms in total. The van der Waals surface area contributed by atoms with Crippen molar-refractivity contribution in [1.29, 1.82) is 0 Å². The second kappa shape index (κ2) is 1.96. The molecular weight excluding hydrogens is 147 g/mol. The number of hydrogen-bond donors (Lipinski definition) is 1. The summed E-state index contributed by atoms with van der Waals surface area (Å²) in [4.78, 5) is 2.02. The molecular formula is C4H5F3N3+. The van der Waals surface area contributed by atoms with Gasteiger partial charge < -0.3 is 0 Å². The van der Waals surface area contributed by atoms with Crippen LogP contribution < -0.4 is 4.98 Å². The van der Waals surface area contributed by atoms with E-state index in [-0.39, 0.29) is 5.82 Å². The highest BCUT2D eigenvalue weighted by atomic mass is 19.4. The van der Waals surface area contributed by atoms with Crippen molar-refractivity contribution in [2.45, 2.75) is 13.1 Å². The number of halogens is 3. The number of nitrogens with zero attached hydrogens (tertiary/aromatic N) is 1. The van der Waals surface area contributed by atoms with E-state index >= 15 is 0 Å². The predicted octanol–water partition coefficient (Wildman–Crippen LogP) is 0.551. The van der Waals surface area contributed by atoms with Crippen LogP contribution in [0.5, 0.6) is 0 Å². The first kappa shape index (κ1) is 7.04. The Hall–Kier alpha value is -1.07. The van der Waals surface area contributed by atoms with Crippen LogP contribution in [0.25, 0.3) is 0 Å². The first-order chi connectivity index (χ1) is 4.50. The maximum atomic E-state index is 11.7. The van der Waals surface area contributed by atoms with Gasteiger partial charge in [0.15, 0.2) is 0 Å². The van der Waals surface area contributed by atoms with Crippen molar-refractivity contribution in [2.75, 3.05) is 0 Å². The minimum absolute atomic E-state index is 0.285. The van der Waals surface area contributed by atoms with Crippen LogP contribution in [0.3, 0.4) is 0 Å². The molecule has 10 heavy (non-hydrogen) atoms. The molecule has 0 amide bonds. The third kappa shape index (κ3) is 1.26. The topological polar surface area (TPSA) is 42.8 Å². The molecule has 0 unspecified atom stereocenters. The molecule has 0 fully saturated rings. The van der Waals surface area contributed by atoms with E-state index in [4.69, 9.17) is 0 Å². The van der Waals surface area contributed by atoms with Crippen molar-refractivity contribution in [3.63, 3.8) is 0 Å². The molecule has 0 saturated carbocycles. The van der Waals surface area contributed by atoms with Crippen molar-refractivity contribution in [1.82, 2.24) is 10.2 Å². The maximum Gasteiger partial charge on any atom is 0.485 e. The summed E-state index contributed by atoms with van der Waals surface area (Å²) in [5.74, 6) is -0.711. The first-order valence-corrected chi connectivity index (χ1v) is 2.51. The highest BCUT2D eigenvalue weighted by Gasteiger charge is 2.40. The van der Waals surface area contributed by atoms with E-state index in [1.807, 2.05) is 4.98 Å². The average Bonchev–Trinajstić information content (AvgIpc) is 2.11. The summed E-state index contributed by atoms with van der Waals surface area (Å²) in [6.45, 7) is 1.46. The molecule has 0 radical (unpaired) electrons. The Balaban J connectivity index is 2.96. The molecule has 0 aromatic carbocycles. The van der Waals surface area contributed by atoms with Crippen LogP contribution in [0, 0.1) is 6.92 Å². The number of hydrogen-bond acceptors (Lipinski definition) is 1. The van der Waals surface area contributed by atoms with Gasteiger partial charge in [-0.2, -0.15) is 13.2 Å². The first-order valence-electron chi connectivity index (χ1n) is 2.51. The standard InChI is InChI=1S/C4H4F3N3/c1-2-8-3(10-9-2)4(5,6)7/h1H3,(H,8,9,10)/p+1. The minimum atomic E-state index is -4.38. The highest BCUT2D eigenvalue weighted by molar-refractivity contribution is 4.79. The summed E-state index contributed by atoms with van der Waals surface area (Å²) in [5.41, 5.74) is 0. The SMILES string of the molecule is Cc1[nH]nc(C(F)(F)F)[nH+]1. The Bertz CT molecular complexity index is 226. The minimum Gasteiger partial charge on any atom is -0.238 e. The second-order valence-electron chi connectivity index (χ2n) is 1.82. The fourth-order valence-corrected chi connectivity index (χ4v) is 0.508. The molecule has 1 aromatic rings. The van der Waals surface area contributed by atoms with Gasteiger partial charge in [-0.3, -0.25) is 0 Å². The van der Waals surface area contributed by atoms with Gasteiger partial charge in [0.2, 0.25) is 5.82 Å². The fourth-order valence-electron chi connectivity index (χ4n) is 0.508. The summed E-state index contributed by atoms with van der Waals surface area (Å²) in [6, 6.07) is 0. The zero-order chi connectivity index (χ0) is 7.78. The number of aromatic amines is 2. The lowest BCUT2D eigenvalue weighted by Gasteiger charge is -1.92. The summed E-state index contributed by atoms with van der Waals surface area (Å²) in [7, 11) is 0. The maximum absolute atomic E-state index is 11.7. The van der Waals surface area contributed by atoms with Crippen molar-refractivity contribution >= 4 is 0 Å². The highest BCUT2D eigenvalue weighted by Crippen LogP contribution is 2.23. The van der Waals surface area contributed by atoms with Crippen LogP contribution in [0.2, 0.25) is 0 Å². The lowest BCUT2D eigenvalue weighted by Crippen LogP contribution is -2.19. The zero-order valence-electron chi connectivity index (χ0n) is 5.08. The largest absolute Gasteiger partial charge is 0.485 e. The molecule has 2 N–H and O–H groups in total. The van der Waals surface area contributed by atoms with Gasteiger partial charge in [0, 0.05) is 12.0 Å². The quantitative estimate of drug-likeness (QED) is 0.579. The van der Waals surface area contributed by atoms with Crippen molar-refractivity contribution in [3.05, 3.63) is 11.6 Å². The van der Waals surface area contributed by atoms with E-state index in [1.165, 1.54) is 6.92 Å². The van der Waals surface area contributed by atoms with Crippen LogP contribution in [-0.4, -0.2) is 10.2 Å². The third-order valence-corrected chi connectivity index (χ3v) is 0.910. The van der Waals surface area contributed by atoms with Crippen LogP contribution in [0.15, 0.2) is 0 Å². The summed E-state index contributed by atoms with van der Waals surface area (Å²) >= 11 is 0. The van der Waals surface area contributed by atoms with E-state index in [9.17, 15) is 13.2 Å². The van der Waals surface area contributed by atoms with Crippen molar-refractivity contribution < 1.29 is 18.2 Å². The predicted molar refractivity (Wildman–Crippen MR) is 24.9 cm³/mol. The van der Waals surface area contributed by atoms with Crippen molar-refractivity contribution in [3.8, 4) is 0 Å². The molecule has 1 heterocycles. The fraction of sp³-hybridized carbons (Fsp3) is 0.500. The number of nitrogens with one attached hydrogen (secondary N) is 2. The monoisotopic (exact) mass is 152 g/mol. The molecule has 0 aliphatic heterocycles. The Morgan fingerprint density at radius 3 is 2.30 bits per heavy atom. The van der Waals surface area contributed by atoms with Crippen LogP contribution in [0.4, 0.5) is 13.2 Å². The van der Waals surface area contributed by atoms with Crippen LogP contribution >= 0.6 is 0 Å². The molecule has 1 rings (SSSR count). The molecule has 6 heteroatoms. The van der Waals surface area contributed by atoms with Gasteiger partial charge in [-0.15, -0.1) is 5.10 Å². The number of rotatable bonds is 0.